The van der Waals surface area contributed by atoms with E-state index in [-0.39, 0.29) is 0 Å². The minimum Gasteiger partial charge on any atom is -0.312 e. The first kappa shape index (κ1) is 11.3. The molecular weight excluding hydrogens is 194 g/mol. The van der Waals surface area contributed by atoms with E-state index in [2.05, 4.69) is 28.4 Å². The molecule has 1 aromatic heterocycles. The van der Waals surface area contributed by atoms with Gasteiger partial charge in [-0.05, 0) is 31.4 Å². The van der Waals surface area contributed by atoms with E-state index in [1.807, 2.05) is 13.1 Å². The van der Waals surface area contributed by atoms with Crippen molar-refractivity contribution in [2.45, 2.75) is 32.2 Å². The van der Waals surface area contributed by atoms with Gasteiger partial charge in [-0.2, -0.15) is 0 Å². The van der Waals surface area contributed by atoms with Crippen molar-refractivity contribution in [3.8, 4) is 0 Å². The fourth-order valence-electron chi connectivity index (χ4n) is 1.41. The van der Waals surface area contributed by atoms with Crippen molar-refractivity contribution in [2.24, 2.45) is 0 Å². The second-order valence-electron chi connectivity index (χ2n) is 3.20. The van der Waals surface area contributed by atoms with Crippen LogP contribution in [0.5, 0.6) is 0 Å². The minimum atomic E-state index is 0.328. The Balaban J connectivity index is 2.79. The molecule has 3 nitrogen and oxygen atoms in total. The van der Waals surface area contributed by atoms with Crippen LogP contribution in [0.2, 0.25) is 0 Å². The highest BCUT2D eigenvalue weighted by atomic mass is 32.1. The summed E-state index contributed by atoms with van der Waals surface area (Å²) >= 11 is 1.49. The summed E-state index contributed by atoms with van der Waals surface area (Å²) in [5, 5.41) is 7.41. The molecule has 78 valence electrons. The van der Waals surface area contributed by atoms with Crippen molar-refractivity contribution in [3.05, 3.63) is 23.2 Å². The molecule has 1 rings (SSSR count). The Hall–Kier alpha value is -0.740. The van der Waals surface area contributed by atoms with E-state index in [0.717, 1.165) is 25.0 Å². The Morgan fingerprint density at radius 1 is 1.64 bits per heavy atom. The van der Waals surface area contributed by atoms with Crippen molar-refractivity contribution < 1.29 is 0 Å². The summed E-state index contributed by atoms with van der Waals surface area (Å²) in [4.78, 5) is 1.26. The maximum Gasteiger partial charge on any atom is 0.0803 e. The SMILES string of the molecule is C=CCC(NC)c1snnc1CCC. The van der Waals surface area contributed by atoms with Gasteiger partial charge in [-0.1, -0.05) is 23.9 Å². The molecule has 1 atom stereocenters. The zero-order valence-electron chi connectivity index (χ0n) is 8.79. The molecular formula is C10H17N3S. The fourth-order valence-corrected chi connectivity index (χ4v) is 2.23. The third-order valence-electron chi connectivity index (χ3n) is 2.14. The van der Waals surface area contributed by atoms with Crippen LogP contribution in [0.4, 0.5) is 0 Å². The van der Waals surface area contributed by atoms with E-state index < -0.39 is 0 Å². The Morgan fingerprint density at radius 2 is 2.43 bits per heavy atom. The first-order valence-corrected chi connectivity index (χ1v) is 5.70. The average molecular weight is 211 g/mol. The van der Waals surface area contributed by atoms with Gasteiger partial charge < -0.3 is 5.32 Å². The van der Waals surface area contributed by atoms with Gasteiger partial charge in [0.2, 0.25) is 0 Å². The zero-order chi connectivity index (χ0) is 10.4. The number of nitrogens with zero attached hydrogens (tertiary/aromatic N) is 2. The third kappa shape index (κ3) is 2.62. The van der Waals surface area contributed by atoms with Gasteiger partial charge >= 0.3 is 0 Å². The van der Waals surface area contributed by atoms with Crippen molar-refractivity contribution in [1.29, 1.82) is 0 Å². The number of aromatic nitrogens is 2. The molecule has 0 spiro atoms. The van der Waals surface area contributed by atoms with E-state index in [4.69, 9.17) is 0 Å². The van der Waals surface area contributed by atoms with Gasteiger partial charge in [0.1, 0.15) is 0 Å². The number of rotatable bonds is 6. The molecule has 4 heteroatoms. The molecule has 0 aliphatic heterocycles. The van der Waals surface area contributed by atoms with Gasteiger partial charge in [0.05, 0.1) is 10.6 Å². The highest BCUT2D eigenvalue weighted by molar-refractivity contribution is 7.05. The summed E-state index contributed by atoms with van der Waals surface area (Å²) in [6.07, 6.45) is 4.98. The van der Waals surface area contributed by atoms with Crippen LogP contribution in [-0.2, 0) is 6.42 Å². The number of hydrogen-bond donors (Lipinski definition) is 1. The van der Waals surface area contributed by atoms with Crippen molar-refractivity contribution in [1.82, 2.24) is 14.9 Å². The van der Waals surface area contributed by atoms with E-state index in [1.165, 1.54) is 16.4 Å². The number of nitrogens with one attached hydrogen (secondary N) is 1. The van der Waals surface area contributed by atoms with E-state index >= 15 is 0 Å². The molecule has 1 heterocycles. The van der Waals surface area contributed by atoms with Gasteiger partial charge in [0.25, 0.3) is 0 Å². The fraction of sp³-hybridized carbons (Fsp3) is 0.600. The van der Waals surface area contributed by atoms with E-state index in [0.29, 0.717) is 6.04 Å². The molecule has 14 heavy (non-hydrogen) atoms. The first-order chi connectivity index (χ1) is 6.83. The molecule has 0 radical (unpaired) electrons. The second kappa shape index (κ2) is 5.88. The Morgan fingerprint density at radius 3 is 3.00 bits per heavy atom. The molecule has 0 bridgehead atoms. The predicted molar refractivity (Wildman–Crippen MR) is 60.5 cm³/mol. The van der Waals surface area contributed by atoms with Crippen LogP contribution in [0.3, 0.4) is 0 Å². The third-order valence-corrected chi connectivity index (χ3v) is 3.02. The molecule has 0 aliphatic carbocycles. The maximum atomic E-state index is 4.15. The zero-order valence-corrected chi connectivity index (χ0v) is 9.60. The Labute approximate surface area is 89.4 Å². The lowest BCUT2D eigenvalue weighted by atomic mass is 10.1. The molecule has 1 aromatic rings. The first-order valence-electron chi connectivity index (χ1n) is 4.92. The lowest BCUT2D eigenvalue weighted by Gasteiger charge is -2.12. The van der Waals surface area contributed by atoms with Crippen LogP contribution in [0.15, 0.2) is 12.7 Å². The van der Waals surface area contributed by atoms with E-state index in [9.17, 15) is 0 Å². The maximum absolute atomic E-state index is 4.15. The van der Waals surface area contributed by atoms with Gasteiger partial charge in [0.15, 0.2) is 0 Å². The molecule has 0 aliphatic rings. The van der Waals surface area contributed by atoms with Crippen LogP contribution < -0.4 is 5.32 Å². The highest BCUT2D eigenvalue weighted by Gasteiger charge is 2.15. The summed E-state index contributed by atoms with van der Waals surface area (Å²) in [6.45, 7) is 5.92. The van der Waals surface area contributed by atoms with Crippen LogP contribution in [0.1, 0.15) is 36.4 Å². The Bertz CT molecular complexity index is 283. The number of hydrogen-bond acceptors (Lipinski definition) is 4. The lowest BCUT2D eigenvalue weighted by molar-refractivity contribution is 0.605. The summed E-state index contributed by atoms with van der Waals surface area (Å²) < 4.78 is 4.01. The molecule has 0 fully saturated rings. The molecule has 1 unspecified atom stereocenters. The van der Waals surface area contributed by atoms with Gasteiger partial charge in [-0.25, -0.2) is 0 Å². The summed E-state index contributed by atoms with van der Waals surface area (Å²) in [5.74, 6) is 0. The smallest absolute Gasteiger partial charge is 0.0803 e. The van der Waals surface area contributed by atoms with Crippen LogP contribution in [0.25, 0.3) is 0 Å². The highest BCUT2D eigenvalue weighted by Crippen LogP contribution is 2.23. The monoisotopic (exact) mass is 211 g/mol. The second-order valence-corrected chi connectivity index (χ2v) is 3.99. The quantitative estimate of drug-likeness (QED) is 0.734. The predicted octanol–water partition coefficient (Wildman–Crippen LogP) is 2.33. The topological polar surface area (TPSA) is 37.8 Å². The Kier molecular flexibility index (Phi) is 4.76. The standard InChI is InChI=1S/C10H17N3S/c1-4-6-8(11-3)10-9(7-5-2)12-13-14-10/h4,8,11H,1,5-7H2,2-3H3. The molecule has 0 saturated carbocycles. The van der Waals surface area contributed by atoms with Gasteiger partial charge in [-0.15, -0.1) is 11.7 Å². The number of aryl methyl sites for hydroxylation is 1. The largest absolute Gasteiger partial charge is 0.312 e. The summed E-state index contributed by atoms with van der Waals surface area (Å²) in [5.41, 5.74) is 1.14. The van der Waals surface area contributed by atoms with E-state index in [1.54, 1.807) is 0 Å². The molecule has 0 aromatic carbocycles. The van der Waals surface area contributed by atoms with Crippen molar-refractivity contribution in [2.75, 3.05) is 7.05 Å². The van der Waals surface area contributed by atoms with Crippen molar-refractivity contribution >= 4 is 11.5 Å². The van der Waals surface area contributed by atoms with Crippen LogP contribution in [-0.4, -0.2) is 16.6 Å². The molecule has 0 saturated heterocycles. The summed E-state index contributed by atoms with van der Waals surface area (Å²) in [6, 6.07) is 0.328. The normalized spacial score (nSPS) is 12.7. The van der Waals surface area contributed by atoms with Gasteiger partial charge in [0, 0.05) is 6.04 Å². The minimum absolute atomic E-state index is 0.328. The van der Waals surface area contributed by atoms with Gasteiger partial charge in [-0.3, -0.25) is 0 Å². The lowest BCUT2D eigenvalue weighted by Crippen LogP contribution is -2.15. The van der Waals surface area contributed by atoms with Crippen LogP contribution >= 0.6 is 11.5 Å². The van der Waals surface area contributed by atoms with Crippen molar-refractivity contribution in [3.63, 3.8) is 0 Å². The summed E-state index contributed by atoms with van der Waals surface area (Å²) in [7, 11) is 1.96. The molecule has 0 amide bonds. The van der Waals surface area contributed by atoms with Crippen LogP contribution in [0, 0.1) is 0 Å². The molecule has 1 N–H and O–H groups in total. The average Bonchev–Trinajstić information content (AvgIpc) is 2.63.